The van der Waals surface area contributed by atoms with Crippen LogP contribution in [0.4, 0.5) is 0 Å². The van der Waals surface area contributed by atoms with E-state index in [0.29, 0.717) is 25.8 Å². The van der Waals surface area contributed by atoms with Crippen LogP contribution < -0.4 is 5.32 Å². The summed E-state index contributed by atoms with van der Waals surface area (Å²) in [4.78, 5) is 26.6. The molecule has 0 aromatic heterocycles. The maximum Gasteiger partial charge on any atom is 0.248 e. The fourth-order valence-electron chi connectivity index (χ4n) is 2.65. The van der Waals surface area contributed by atoms with Crippen LogP contribution in [0, 0.1) is 0 Å². The third-order valence-electron chi connectivity index (χ3n) is 4.06. The van der Waals surface area contributed by atoms with E-state index in [4.69, 9.17) is 0 Å². The van der Waals surface area contributed by atoms with E-state index in [1.807, 2.05) is 20.8 Å². The van der Waals surface area contributed by atoms with E-state index in [1.165, 1.54) is 0 Å². The first-order chi connectivity index (χ1) is 8.56. The number of amides is 2. The lowest BCUT2D eigenvalue weighted by Crippen LogP contribution is -2.69. The van der Waals surface area contributed by atoms with Gasteiger partial charge in [0.1, 0.15) is 11.6 Å². The zero-order valence-corrected chi connectivity index (χ0v) is 12.1. The first kappa shape index (κ1) is 15.0. The molecular weight excluding hydrogens is 228 g/mol. The Labute approximate surface area is 110 Å². The molecule has 1 fully saturated rings. The van der Waals surface area contributed by atoms with Crippen molar-refractivity contribution in [1.29, 1.82) is 0 Å². The molecule has 0 aromatic rings. The second kappa shape index (κ2) is 6.21. The Kier molecular flexibility index (Phi) is 5.17. The van der Waals surface area contributed by atoms with E-state index in [0.717, 1.165) is 12.8 Å². The molecule has 0 aromatic carbocycles. The molecule has 1 heterocycles. The molecule has 1 saturated heterocycles. The van der Waals surface area contributed by atoms with Gasteiger partial charge in [-0.2, -0.15) is 0 Å². The third-order valence-corrected chi connectivity index (χ3v) is 4.06. The van der Waals surface area contributed by atoms with Gasteiger partial charge in [0, 0.05) is 6.54 Å². The van der Waals surface area contributed by atoms with Crippen LogP contribution in [-0.2, 0) is 9.59 Å². The molecule has 18 heavy (non-hydrogen) atoms. The van der Waals surface area contributed by atoms with Crippen molar-refractivity contribution in [2.75, 3.05) is 6.54 Å². The average Bonchev–Trinajstić information content (AvgIpc) is 2.39. The minimum Gasteiger partial charge on any atom is -0.340 e. The highest BCUT2D eigenvalue weighted by atomic mass is 16.2. The lowest BCUT2D eigenvalue weighted by molar-refractivity contribution is -0.155. The van der Waals surface area contributed by atoms with Crippen molar-refractivity contribution >= 4 is 11.8 Å². The van der Waals surface area contributed by atoms with Gasteiger partial charge in [0.15, 0.2) is 0 Å². The van der Waals surface area contributed by atoms with Crippen molar-refractivity contribution in [3.05, 3.63) is 0 Å². The number of hydrogen-bond acceptors (Lipinski definition) is 2. The van der Waals surface area contributed by atoms with E-state index >= 15 is 0 Å². The summed E-state index contributed by atoms with van der Waals surface area (Å²) in [5, 5.41) is 2.96. The summed E-state index contributed by atoms with van der Waals surface area (Å²) in [6.07, 6.45) is 4.00. The fourth-order valence-corrected chi connectivity index (χ4v) is 2.65. The number of rotatable bonds is 6. The van der Waals surface area contributed by atoms with E-state index < -0.39 is 5.54 Å². The van der Waals surface area contributed by atoms with Gasteiger partial charge in [0.25, 0.3) is 0 Å². The molecular formula is C14H26N2O2. The lowest BCUT2D eigenvalue weighted by atomic mass is 9.86. The molecule has 0 radical (unpaired) electrons. The maximum atomic E-state index is 12.6. The van der Waals surface area contributed by atoms with Gasteiger partial charge in [-0.05, 0) is 25.7 Å². The van der Waals surface area contributed by atoms with Crippen molar-refractivity contribution in [3.63, 3.8) is 0 Å². The minimum absolute atomic E-state index is 0.0110. The summed E-state index contributed by atoms with van der Waals surface area (Å²) in [5.41, 5.74) is -0.670. The number of unbranched alkanes of at least 4 members (excludes halogenated alkanes) is 1. The van der Waals surface area contributed by atoms with Crippen LogP contribution in [0.15, 0.2) is 0 Å². The number of nitrogens with zero attached hydrogens (tertiary/aromatic N) is 1. The van der Waals surface area contributed by atoms with Crippen LogP contribution in [0.3, 0.4) is 0 Å². The summed E-state index contributed by atoms with van der Waals surface area (Å²) >= 11 is 0. The van der Waals surface area contributed by atoms with Crippen LogP contribution in [0.2, 0.25) is 0 Å². The Bertz CT molecular complexity index is 311. The standard InChI is InChI=1S/C14H26N2O2/c1-5-9-10-16-11(6-2)12(17)15-14(7-3,8-4)13(16)18/h11H,5-10H2,1-4H3,(H,15,17). The summed E-state index contributed by atoms with van der Waals surface area (Å²) in [6.45, 7) is 8.69. The summed E-state index contributed by atoms with van der Waals surface area (Å²) < 4.78 is 0. The molecule has 4 nitrogen and oxygen atoms in total. The number of carbonyl (C=O) groups excluding carboxylic acids is 2. The van der Waals surface area contributed by atoms with Crippen LogP contribution >= 0.6 is 0 Å². The predicted molar refractivity (Wildman–Crippen MR) is 72.2 cm³/mol. The number of piperazine rings is 1. The Morgan fingerprint density at radius 3 is 2.22 bits per heavy atom. The first-order valence-electron chi connectivity index (χ1n) is 7.19. The molecule has 1 N–H and O–H groups in total. The van der Waals surface area contributed by atoms with E-state index in [1.54, 1.807) is 4.90 Å². The quantitative estimate of drug-likeness (QED) is 0.789. The number of carbonyl (C=O) groups is 2. The zero-order valence-electron chi connectivity index (χ0n) is 12.1. The van der Waals surface area contributed by atoms with Gasteiger partial charge in [0.05, 0.1) is 0 Å². The predicted octanol–water partition coefficient (Wildman–Crippen LogP) is 2.08. The molecule has 1 aliphatic heterocycles. The average molecular weight is 254 g/mol. The monoisotopic (exact) mass is 254 g/mol. The molecule has 2 amide bonds. The summed E-state index contributed by atoms with van der Waals surface area (Å²) in [6, 6.07) is -0.282. The molecule has 4 heteroatoms. The second-order valence-electron chi connectivity index (χ2n) is 5.05. The molecule has 0 bridgehead atoms. The first-order valence-corrected chi connectivity index (χ1v) is 7.19. The van der Waals surface area contributed by atoms with Crippen molar-refractivity contribution in [1.82, 2.24) is 10.2 Å². The second-order valence-corrected chi connectivity index (χ2v) is 5.05. The van der Waals surface area contributed by atoms with E-state index in [-0.39, 0.29) is 17.9 Å². The van der Waals surface area contributed by atoms with Crippen molar-refractivity contribution in [2.24, 2.45) is 0 Å². The molecule has 1 aliphatic rings. The third kappa shape index (κ3) is 2.52. The highest BCUT2D eigenvalue weighted by molar-refractivity contribution is 5.99. The van der Waals surface area contributed by atoms with Gasteiger partial charge in [-0.25, -0.2) is 0 Å². The van der Waals surface area contributed by atoms with Crippen molar-refractivity contribution in [3.8, 4) is 0 Å². The molecule has 0 aliphatic carbocycles. The lowest BCUT2D eigenvalue weighted by Gasteiger charge is -2.45. The zero-order chi connectivity index (χ0) is 13.8. The SMILES string of the molecule is CCCCN1C(=O)C(CC)(CC)NC(=O)C1CC. The summed E-state index contributed by atoms with van der Waals surface area (Å²) in [5.74, 6) is 0.115. The van der Waals surface area contributed by atoms with Crippen LogP contribution in [0.25, 0.3) is 0 Å². The topological polar surface area (TPSA) is 49.4 Å². The van der Waals surface area contributed by atoms with Gasteiger partial charge in [0.2, 0.25) is 11.8 Å². The molecule has 1 atom stereocenters. The van der Waals surface area contributed by atoms with E-state index in [9.17, 15) is 9.59 Å². The van der Waals surface area contributed by atoms with Crippen LogP contribution in [0.5, 0.6) is 0 Å². The van der Waals surface area contributed by atoms with Gasteiger partial charge >= 0.3 is 0 Å². The fraction of sp³-hybridized carbons (Fsp3) is 0.857. The molecule has 0 spiro atoms. The maximum absolute atomic E-state index is 12.6. The van der Waals surface area contributed by atoms with Gasteiger partial charge < -0.3 is 10.2 Å². The minimum atomic E-state index is -0.670. The Balaban J connectivity index is 2.99. The van der Waals surface area contributed by atoms with Gasteiger partial charge in [-0.15, -0.1) is 0 Å². The molecule has 1 unspecified atom stereocenters. The van der Waals surface area contributed by atoms with Gasteiger partial charge in [-0.3, -0.25) is 9.59 Å². The highest BCUT2D eigenvalue weighted by Crippen LogP contribution is 2.26. The Morgan fingerprint density at radius 2 is 1.78 bits per heavy atom. The number of nitrogens with one attached hydrogen (secondary N) is 1. The molecule has 104 valence electrons. The van der Waals surface area contributed by atoms with Crippen LogP contribution in [0.1, 0.15) is 59.8 Å². The Hall–Kier alpha value is -1.06. The largest absolute Gasteiger partial charge is 0.340 e. The van der Waals surface area contributed by atoms with Crippen LogP contribution in [-0.4, -0.2) is 34.8 Å². The number of hydrogen-bond donors (Lipinski definition) is 1. The smallest absolute Gasteiger partial charge is 0.248 e. The molecule has 1 rings (SSSR count). The van der Waals surface area contributed by atoms with E-state index in [2.05, 4.69) is 12.2 Å². The van der Waals surface area contributed by atoms with Crippen molar-refractivity contribution < 1.29 is 9.59 Å². The van der Waals surface area contributed by atoms with Crippen molar-refractivity contribution in [2.45, 2.75) is 71.4 Å². The van der Waals surface area contributed by atoms with Gasteiger partial charge in [-0.1, -0.05) is 34.1 Å². The molecule has 0 saturated carbocycles. The normalized spacial score (nSPS) is 23.1. The Morgan fingerprint density at radius 1 is 1.17 bits per heavy atom. The summed E-state index contributed by atoms with van der Waals surface area (Å²) in [7, 11) is 0. The highest BCUT2D eigenvalue weighted by Gasteiger charge is 2.47.